The number of methoxy groups -OCH3 is 1. The number of hydrogen-bond donors (Lipinski definition) is 4. The lowest BCUT2D eigenvalue weighted by atomic mass is 10.1. The summed E-state index contributed by atoms with van der Waals surface area (Å²) in [6.07, 6.45) is 5.15. The third kappa shape index (κ3) is 12.5. The van der Waals surface area contributed by atoms with Crippen LogP contribution in [0.5, 0.6) is 0 Å². The minimum atomic E-state index is -3.75. The van der Waals surface area contributed by atoms with Gasteiger partial charge in [0.25, 0.3) is 11.5 Å². The van der Waals surface area contributed by atoms with Crippen molar-refractivity contribution in [2.45, 2.75) is 50.5 Å². The van der Waals surface area contributed by atoms with Gasteiger partial charge in [-0.2, -0.15) is 10.2 Å². The van der Waals surface area contributed by atoms with Gasteiger partial charge in [-0.25, -0.2) is 4.79 Å². The SMILES string of the molecule is CO[C@@H]1C[C@H](n2cc(/C=C/C(=O)NCCCCCCNC(=O)c3ccc(/N=N/c4ccc(N(C)C)cc4)cc3)c(=O)[nH]c2=O)OC1COP(C)(=O)O. The molecule has 1 aliphatic rings. The molecular weight excluding hydrogens is 693 g/mol. The quantitative estimate of drug-likeness (QED) is 0.0631. The molecule has 4 atom stereocenters. The normalized spacial score (nSPS) is 18.4. The number of amides is 2. The number of carbonyl (C=O) groups is 2. The summed E-state index contributed by atoms with van der Waals surface area (Å²) in [5, 5.41) is 14.2. The largest absolute Gasteiger partial charge is 0.378 e. The highest BCUT2D eigenvalue weighted by molar-refractivity contribution is 7.51. The molecule has 2 unspecified atom stereocenters. The molecule has 1 fully saturated rings. The number of nitrogens with zero attached hydrogens (tertiary/aromatic N) is 4. The van der Waals surface area contributed by atoms with Gasteiger partial charge in [0, 0.05) is 70.9 Å². The lowest BCUT2D eigenvalue weighted by molar-refractivity contribution is -0.116. The Morgan fingerprint density at radius 3 is 2.23 bits per heavy atom. The Morgan fingerprint density at radius 2 is 1.63 bits per heavy atom. The van der Waals surface area contributed by atoms with Crippen molar-refractivity contribution in [3.8, 4) is 0 Å². The van der Waals surface area contributed by atoms with E-state index in [1.54, 1.807) is 24.3 Å². The molecule has 16 nitrogen and oxygen atoms in total. The zero-order chi connectivity index (χ0) is 37.7. The van der Waals surface area contributed by atoms with E-state index in [-0.39, 0.29) is 24.5 Å². The van der Waals surface area contributed by atoms with E-state index < -0.39 is 43.2 Å². The molecule has 3 aromatic rings. The van der Waals surface area contributed by atoms with Crippen LogP contribution in [-0.2, 0) is 23.4 Å². The zero-order valence-corrected chi connectivity index (χ0v) is 30.6. The van der Waals surface area contributed by atoms with Crippen molar-refractivity contribution in [1.82, 2.24) is 20.2 Å². The molecule has 1 aromatic heterocycles. The van der Waals surface area contributed by atoms with Crippen LogP contribution in [0, 0.1) is 0 Å². The molecule has 0 saturated carbocycles. The minimum Gasteiger partial charge on any atom is -0.378 e. The minimum absolute atomic E-state index is 0.0610. The maximum absolute atomic E-state index is 12.5. The number of ether oxygens (including phenoxy) is 2. The van der Waals surface area contributed by atoms with Gasteiger partial charge in [-0.3, -0.25) is 28.5 Å². The summed E-state index contributed by atoms with van der Waals surface area (Å²) >= 11 is 0. The van der Waals surface area contributed by atoms with Crippen LogP contribution in [0.3, 0.4) is 0 Å². The van der Waals surface area contributed by atoms with E-state index in [0.717, 1.165) is 43.7 Å². The molecule has 0 radical (unpaired) electrons. The van der Waals surface area contributed by atoms with Gasteiger partial charge in [-0.1, -0.05) is 12.8 Å². The first kappa shape index (κ1) is 40.0. The number of anilines is 1. The fraction of sp³-hybridized carbons (Fsp3) is 0.429. The Morgan fingerprint density at radius 1 is 1.02 bits per heavy atom. The number of aromatic amines is 1. The predicted molar refractivity (Wildman–Crippen MR) is 197 cm³/mol. The average Bonchev–Trinajstić information content (AvgIpc) is 3.53. The first-order chi connectivity index (χ1) is 24.8. The number of rotatable bonds is 18. The zero-order valence-electron chi connectivity index (χ0n) is 29.7. The van der Waals surface area contributed by atoms with Gasteiger partial charge in [0.15, 0.2) is 0 Å². The molecule has 4 N–H and O–H groups in total. The first-order valence-corrected chi connectivity index (χ1v) is 18.9. The summed E-state index contributed by atoms with van der Waals surface area (Å²) in [6.45, 7) is 1.77. The lowest BCUT2D eigenvalue weighted by Crippen LogP contribution is -2.33. The van der Waals surface area contributed by atoms with Crippen LogP contribution < -0.4 is 26.8 Å². The number of hydrogen-bond acceptors (Lipinski definition) is 11. The van der Waals surface area contributed by atoms with Crippen molar-refractivity contribution in [2.75, 3.05) is 52.5 Å². The van der Waals surface area contributed by atoms with Crippen LogP contribution in [0.2, 0.25) is 0 Å². The highest BCUT2D eigenvalue weighted by atomic mass is 31.2. The van der Waals surface area contributed by atoms with E-state index in [2.05, 4.69) is 25.8 Å². The number of nitrogens with one attached hydrogen (secondary N) is 3. The second-order valence-electron chi connectivity index (χ2n) is 12.4. The number of aromatic nitrogens is 2. The van der Waals surface area contributed by atoms with Crippen molar-refractivity contribution in [3.63, 3.8) is 0 Å². The topological polar surface area (TPSA) is 206 Å². The molecule has 17 heteroatoms. The monoisotopic (exact) mass is 739 g/mol. The first-order valence-electron chi connectivity index (χ1n) is 16.8. The van der Waals surface area contributed by atoms with Crippen LogP contribution in [0.25, 0.3) is 6.08 Å². The predicted octanol–water partition coefficient (Wildman–Crippen LogP) is 4.27. The maximum Gasteiger partial charge on any atom is 0.330 e. The molecule has 0 aliphatic carbocycles. The van der Waals surface area contributed by atoms with Crippen molar-refractivity contribution < 1.29 is 33.0 Å². The molecule has 0 spiro atoms. The maximum atomic E-state index is 12.5. The molecule has 2 amide bonds. The van der Waals surface area contributed by atoms with Crippen LogP contribution in [0.4, 0.5) is 17.1 Å². The number of carbonyl (C=O) groups excluding carboxylic acids is 2. The molecule has 4 rings (SSSR count). The van der Waals surface area contributed by atoms with Gasteiger partial charge < -0.3 is 34.4 Å². The molecule has 0 bridgehead atoms. The van der Waals surface area contributed by atoms with Crippen molar-refractivity contribution in [3.05, 3.63) is 92.8 Å². The molecule has 52 heavy (non-hydrogen) atoms. The van der Waals surface area contributed by atoms with E-state index >= 15 is 0 Å². The van der Waals surface area contributed by atoms with Gasteiger partial charge in [0.05, 0.1) is 29.6 Å². The van der Waals surface area contributed by atoms with E-state index in [1.807, 2.05) is 43.3 Å². The van der Waals surface area contributed by atoms with E-state index in [0.29, 0.717) is 24.3 Å². The Hall–Kier alpha value is -4.73. The third-order valence-electron chi connectivity index (χ3n) is 8.15. The van der Waals surface area contributed by atoms with Crippen molar-refractivity contribution in [1.29, 1.82) is 0 Å². The van der Waals surface area contributed by atoms with E-state index in [9.17, 15) is 28.6 Å². The summed E-state index contributed by atoms with van der Waals surface area (Å²) in [4.78, 5) is 63.5. The Kier molecular flexibility index (Phi) is 14.8. The number of azo groups is 1. The summed E-state index contributed by atoms with van der Waals surface area (Å²) in [7, 11) is 1.64. The number of H-pyrrole nitrogens is 1. The molecule has 2 aromatic carbocycles. The van der Waals surface area contributed by atoms with Crippen molar-refractivity contribution >= 4 is 42.5 Å². The molecule has 2 heterocycles. The summed E-state index contributed by atoms with van der Waals surface area (Å²) in [5.41, 5.74) is 1.65. The smallest absolute Gasteiger partial charge is 0.330 e. The van der Waals surface area contributed by atoms with E-state index in [4.69, 9.17) is 14.0 Å². The van der Waals surface area contributed by atoms with Crippen molar-refractivity contribution in [2.24, 2.45) is 10.2 Å². The van der Waals surface area contributed by atoms with Crippen LogP contribution in [0.1, 0.15) is 54.3 Å². The Balaban J connectivity index is 1.13. The highest BCUT2D eigenvalue weighted by Crippen LogP contribution is 2.39. The fourth-order valence-electron chi connectivity index (χ4n) is 5.27. The number of benzene rings is 2. The Bertz CT molecular complexity index is 1870. The summed E-state index contributed by atoms with van der Waals surface area (Å²) in [6, 6.07) is 14.6. The van der Waals surface area contributed by atoms with Crippen LogP contribution in [-0.4, -0.2) is 86.0 Å². The molecule has 1 aliphatic heterocycles. The Labute approximate surface area is 301 Å². The fourth-order valence-corrected chi connectivity index (χ4v) is 5.69. The summed E-state index contributed by atoms with van der Waals surface area (Å²) < 4.78 is 28.9. The van der Waals surface area contributed by atoms with Gasteiger partial charge in [-0.05, 0) is 67.4 Å². The third-order valence-corrected chi connectivity index (χ3v) is 8.77. The second-order valence-corrected chi connectivity index (χ2v) is 14.3. The van der Waals surface area contributed by atoms with Gasteiger partial charge in [0.1, 0.15) is 12.3 Å². The standard InChI is InChI=1S/C35H46N7O9P/c1-41(2)28-16-14-27(15-17-28)40-39-26-12-9-24(10-13-26)33(44)37-20-8-6-5-7-19-36-31(43)18-11-25-22-42(35(46)38-34(25)45)32-21-29(49-3)30(51-32)23-50-52(4,47)48/h9-18,22,29-30,32H,5-8,19-21,23H2,1-4H3,(H,36,43)(H,37,44)(H,47,48)(H,38,45,46)/b18-11+,40-39+/t29-,30?,32-/m1/s1. The highest BCUT2D eigenvalue weighted by Gasteiger charge is 2.38. The van der Waals surface area contributed by atoms with Gasteiger partial charge in [0.2, 0.25) is 5.91 Å². The number of unbranched alkanes of at least 4 members (excludes halogenated alkanes) is 3. The van der Waals surface area contributed by atoms with E-state index in [1.165, 1.54) is 30.0 Å². The molecular formula is C35H46N7O9P. The van der Waals surface area contributed by atoms with Gasteiger partial charge >= 0.3 is 13.3 Å². The van der Waals surface area contributed by atoms with Crippen LogP contribution in [0.15, 0.2) is 80.6 Å². The second kappa shape index (κ2) is 19.2. The van der Waals surface area contributed by atoms with Gasteiger partial charge in [-0.15, -0.1) is 0 Å². The van der Waals surface area contributed by atoms with Crippen LogP contribution >= 0.6 is 7.60 Å². The summed E-state index contributed by atoms with van der Waals surface area (Å²) in [5.74, 6) is -0.575. The molecule has 280 valence electrons. The lowest BCUT2D eigenvalue weighted by Gasteiger charge is -2.18. The molecule has 1 saturated heterocycles. The average molecular weight is 740 g/mol.